The Balaban J connectivity index is 0.916. The molecule has 4 nitrogen and oxygen atoms in total. The van der Waals surface area contributed by atoms with Crippen molar-refractivity contribution < 1.29 is 0 Å². The minimum Gasteiger partial charge on any atom is -0.387 e. The predicted octanol–water partition coefficient (Wildman–Crippen LogP) is 19.1. The third-order valence-corrected chi connectivity index (χ3v) is 18.3. The van der Waals surface area contributed by atoms with Crippen LogP contribution in [-0.2, 0) is 18.3 Å². The van der Waals surface area contributed by atoms with Gasteiger partial charge in [0.25, 0.3) is 0 Å². The maximum absolute atomic E-state index is 3.46. The highest BCUT2D eigenvalue weighted by Crippen LogP contribution is 2.65. The van der Waals surface area contributed by atoms with Crippen molar-refractivity contribution in [2.75, 3.05) is 11.4 Å². The van der Waals surface area contributed by atoms with Gasteiger partial charge in [-0.1, -0.05) is 200 Å². The smallest absolute Gasteiger partial charge is 0.0726 e. The van der Waals surface area contributed by atoms with Gasteiger partial charge in [-0.25, -0.2) is 0 Å². The Hall–Kier alpha value is -10.2. The summed E-state index contributed by atoms with van der Waals surface area (Å²) in [5, 5.41) is 6.02. The van der Waals surface area contributed by atoms with Crippen LogP contribution >= 0.6 is 0 Å². The quantitative estimate of drug-likeness (QED) is 0.164. The lowest BCUT2D eigenvalue weighted by Crippen LogP contribution is -2.26. The van der Waals surface area contributed by atoms with Crippen molar-refractivity contribution in [1.29, 1.82) is 0 Å². The lowest BCUT2D eigenvalue weighted by atomic mass is 9.70. The van der Waals surface area contributed by atoms with Gasteiger partial charge in [0.15, 0.2) is 0 Å². The molecule has 10 aromatic carbocycles. The van der Waals surface area contributed by atoms with E-state index in [0.29, 0.717) is 0 Å². The molecule has 82 heavy (non-hydrogen) atoms. The molecule has 1 aliphatic heterocycles. The molecule has 1 atom stereocenters. The zero-order valence-corrected chi connectivity index (χ0v) is 45.4. The molecular formula is C78H56N4. The molecular weight excluding hydrogens is 993 g/mol. The molecule has 0 amide bonds. The van der Waals surface area contributed by atoms with Crippen LogP contribution in [0.1, 0.15) is 63.2 Å². The zero-order valence-electron chi connectivity index (χ0n) is 45.4. The monoisotopic (exact) mass is 1050 g/mol. The van der Waals surface area contributed by atoms with Crippen LogP contribution in [0.25, 0.3) is 95.4 Å². The number of benzene rings is 10. The third-order valence-electron chi connectivity index (χ3n) is 18.3. The maximum Gasteiger partial charge on any atom is 0.0726 e. The number of allylic oxidation sites excluding steroid dienone is 4. The molecule has 1 unspecified atom stereocenters. The van der Waals surface area contributed by atoms with Crippen molar-refractivity contribution in [2.45, 2.75) is 31.1 Å². The van der Waals surface area contributed by atoms with Gasteiger partial charge < -0.3 is 19.4 Å². The second-order valence-corrected chi connectivity index (χ2v) is 22.6. The predicted molar refractivity (Wildman–Crippen MR) is 342 cm³/mol. The van der Waals surface area contributed by atoms with Crippen LogP contribution < -0.4 is 10.2 Å². The van der Waals surface area contributed by atoms with Crippen molar-refractivity contribution >= 4 is 56.6 Å². The van der Waals surface area contributed by atoms with E-state index in [1.165, 1.54) is 128 Å². The molecule has 2 aromatic heterocycles. The highest BCUT2D eigenvalue weighted by Gasteiger charge is 2.52. The summed E-state index contributed by atoms with van der Waals surface area (Å²) in [6.07, 6.45) is 20.0. The topological polar surface area (TPSA) is 25.1 Å². The lowest BCUT2D eigenvalue weighted by Gasteiger charge is -2.32. The van der Waals surface area contributed by atoms with Gasteiger partial charge in [0.05, 0.1) is 22.1 Å². The highest BCUT2D eigenvalue weighted by molar-refractivity contribution is 6.04. The number of nitrogens with one attached hydrogen (secondary N) is 1. The Morgan fingerprint density at radius 2 is 1.00 bits per heavy atom. The SMILES string of the molecule is C1=Cc2c(c3ccc(N(c4ccc5c6c(n(-c7ccc(-c8ccccc8)cc7)c5c4)CCC=C6)c4cccc5c4-c4ccccc4C54c5ccccc5-c5cc(C6=CNCC=C6)ccc54)cc3n2-c2ccc(-c3ccccc3)cc2)CC1. The molecule has 0 bridgehead atoms. The maximum atomic E-state index is 3.46. The van der Waals surface area contributed by atoms with Crippen molar-refractivity contribution in [3.63, 3.8) is 0 Å². The summed E-state index contributed by atoms with van der Waals surface area (Å²) in [6.45, 7) is 0.847. The van der Waals surface area contributed by atoms with Crippen LogP contribution in [-0.4, -0.2) is 15.7 Å². The molecule has 3 heterocycles. The standard InChI is InChI=1S/C78H56N4/c1-3-17-51(18-4-1)53-32-37-57(38-33-53)81-72-29-13-9-23-62(72)64-43-41-59(48-75(64)81)80(60-42-44-65-63-24-10-14-30-73(63)82(76(65)49-60)58-39-34-54(35-40-58)52-19-5-2-6-20-52)74-31-15-28-71-77(74)66-25-8-12-27-69(66)78(71)68-26-11-7-22-61(68)67-47-55(36-45-70(67)78)56-21-16-46-79-50-56/h1-9,11-12,14-23,25-28,30-45,47-50,79H,10,13,24,29,46H2. The first-order chi connectivity index (χ1) is 40.7. The number of nitrogens with zero attached hydrogens (tertiary/aromatic N) is 3. The number of rotatable bonds is 8. The van der Waals surface area contributed by atoms with Gasteiger partial charge in [-0.05, 0) is 170 Å². The van der Waals surface area contributed by atoms with E-state index in [0.717, 1.165) is 55.0 Å². The average molecular weight is 1050 g/mol. The van der Waals surface area contributed by atoms with E-state index in [9.17, 15) is 0 Å². The molecule has 0 saturated heterocycles. The largest absolute Gasteiger partial charge is 0.387 e. The van der Waals surface area contributed by atoms with Crippen LogP contribution in [0.15, 0.2) is 261 Å². The third kappa shape index (κ3) is 6.91. The fourth-order valence-corrected chi connectivity index (χ4v) is 14.8. The second-order valence-electron chi connectivity index (χ2n) is 22.6. The van der Waals surface area contributed by atoms with Gasteiger partial charge in [0.2, 0.25) is 0 Å². The molecule has 17 rings (SSSR count). The van der Waals surface area contributed by atoms with Crippen LogP contribution in [0.2, 0.25) is 0 Å². The summed E-state index contributed by atoms with van der Waals surface area (Å²) in [7, 11) is 0. The number of dihydropyridines is 1. The van der Waals surface area contributed by atoms with Gasteiger partial charge in [-0.3, -0.25) is 0 Å². The average Bonchev–Trinajstić information content (AvgIpc) is 1.96. The number of hydrogen-bond acceptors (Lipinski definition) is 2. The Labute approximate surface area is 478 Å². The fraction of sp³-hybridized carbons (Fsp3) is 0.0769. The molecule has 388 valence electrons. The summed E-state index contributed by atoms with van der Waals surface area (Å²) in [6, 6.07) is 87.1. The first-order valence-corrected chi connectivity index (χ1v) is 29.1. The van der Waals surface area contributed by atoms with E-state index in [2.05, 4.69) is 293 Å². The minimum atomic E-state index is -0.543. The number of anilines is 3. The van der Waals surface area contributed by atoms with E-state index in [1.807, 2.05) is 0 Å². The summed E-state index contributed by atoms with van der Waals surface area (Å²) in [4.78, 5) is 2.59. The minimum absolute atomic E-state index is 0.543. The van der Waals surface area contributed by atoms with E-state index in [4.69, 9.17) is 0 Å². The normalized spacial score (nSPS) is 15.9. The Morgan fingerprint density at radius 1 is 0.415 bits per heavy atom. The second kappa shape index (κ2) is 18.5. The van der Waals surface area contributed by atoms with Gasteiger partial charge in [0.1, 0.15) is 0 Å². The number of aromatic nitrogens is 2. The van der Waals surface area contributed by atoms with Crippen molar-refractivity contribution in [2.24, 2.45) is 0 Å². The van der Waals surface area contributed by atoms with Crippen LogP contribution in [0.3, 0.4) is 0 Å². The highest BCUT2D eigenvalue weighted by atomic mass is 15.2. The molecule has 1 spiro atoms. The summed E-state index contributed by atoms with van der Waals surface area (Å²) in [5.41, 5.74) is 30.6. The molecule has 0 saturated carbocycles. The number of hydrogen-bond donors (Lipinski definition) is 1. The summed E-state index contributed by atoms with van der Waals surface area (Å²) >= 11 is 0. The number of aryl methyl sites for hydroxylation is 1. The molecule has 12 aromatic rings. The first-order valence-electron chi connectivity index (χ1n) is 29.1. The van der Waals surface area contributed by atoms with E-state index < -0.39 is 5.41 Å². The molecule has 5 aliphatic rings. The zero-order chi connectivity index (χ0) is 53.9. The van der Waals surface area contributed by atoms with E-state index in [1.54, 1.807) is 0 Å². The molecule has 0 radical (unpaired) electrons. The molecule has 4 heteroatoms. The van der Waals surface area contributed by atoms with Crippen molar-refractivity contribution in [3.8, 4) is 55.9 Å². The van der Waals surface area contributed by atoms with E-state index >= 15 is 0 Å². The van der Waals surface area contributed by atoms with Crippen LogP contribution in [0.4, 0.5) is 17.1 Å². The fourth-order valence-electron chi connectivity index (χ4n) is 14.8. The Kier molecular flexibility index (Phi) is 10.5. The van der Waals surface area contributed by atoms with Gasteiger partial charge in [0, 0.05) is 68.8 Å². The Bertz CT molecular complexity index is 4710. The van der Waals surface area contributed by atoms with Crippen molar-refractivity contribution in [1.82, 2.24) is 14.5 Å². The van der Waals surface area contributed by atoms with Gasteiger partial charge in [-0.15, -0.1) is 0 Å². The number of fused-ring (bicyclic) bond motifs is 16. The lowest BCUT2D eigenvalue weighted by molar-refractivity contribution is 0.793. The molecule has 4 aliphatic carbocycles. The van der Waals surface area contributed by atoms with Gasteiger partial charge in [-0.2, -0.15) is 0 Å². The van der Waals surface area contributed by atoms with Crippen molar-refractivity contribution in [3.05, 3.63) is 311 Å². The summed E-state index contributed by atoms with van der Waals surface area (Å²) in [5.74, 6) is 0. The van der Waals surface area contributed by atoms with E-state index in [-0.39, 0.29) is 0 Å². The first kappa shape index (κ1) is 46.7. The molecule has 1 N–H and O–H groups in total. The van der Waals surface area contributed by atoms with Crippen LogP contribution in [0, 0.1) is 0 Å². The van der Waals surface area contributed by atoms with Crippen LogP contribution in [0.5, 0.6) is 0 Å². The summed E-state index contributed by atoms with van der Waals surface area (Å²) < 4.78 is 5.06. The Morgan fingerprint density at radius 3 is 1.72 bits per heavy atom. The van der Waals surface area contributed by atoms with Gasteiger partial charge >= 0.3 is 0 Å². The molecule has 0 fully saturated rings.